The molecule has 0 amide bonds. The predicted molar refractivity (Wildman–Crippen MR) is 40.7 cm³/mol. The summed E-state index contributed by atoms with van der Waals surface area (Å²) < 4.78 is 48.2. The molecule has 0 fully saturated rings. The fourth-order valence-electron chi connectivity index (χ4n) is 0.703. The van der Waals surface area contributed by atoms with Crippen LogP contribution in [-0.4, -0.2) is 18.8 Å². The molecule has 0 aliphatic rings. The van der Waals surface area contributed by atoms with Crippen molar-refractivity contribution >= 4 is 13.3 Å². The quantitative estimate of drug-likeness (QED) is 0.476. The first-order valence-electron chi connectivity index (χ1n) is 3.03. The average Bonchev–Trinajstić information content (AvgIpc) is 1.92. The van der Waals surface area contributed by atoms with Crippen molar-refractivity contribution in [1.29, 1.82) is 0 Å². The number of alkyl halides is 3. The third-order valence-corrected chi connectivity index (χ3v) is 1.33. The Hall–Kier alpha value is -1.08. The van der Waals surface area contributed by atoms with E-state index in [1.165, 1.54) is 0 Å². The van der Waals surface area contributed by atoms with E-state index in [2.05, 4.69) is 0 Å². The molecule has 0 saturated carbocycles. The molecule has 0 unspecified atom stereocenters. The summed E-state index contributed by atoms with van der Waals surface area (Å²) in [7, 11) is 4.99. The minimum atomic E-state index is -4.52. The number of halogens is 4. The van der Waals surface area contributed by atoms with Gasteiger partial charge >= 0.3 is 66.6 Å². The number of benzene rings is 1. The Balaban J connectivity index is 0. The van der Waals surface area contributed by atoms with Crippen LogP contribution in [0.4, 0.5) is 17.6 Å². The minimum Gasteiger partial charge on any atom is -0.870 e. The molecule has 0 atom stereocenters. The van der Waals surface area contributed by atoms with Gasteiger partial charge in [0.05, 0.1) is 0 Å². The van der Waals surface area contributed by atoms with Crippen LogP contribution in [0.1, 0.15) is 5.56 Å². The van der Waals surface area contributed by atoms with E-state index >= 15 is 0 Å². The smallest absolute Gasteiger partial charge is 0.870 e. The molecule has 14 heavy (non-hydrogen) atoms. The summed E-state index contributed by atoms with van der Waals surface area (Å²) in [6, 6.07) is 1.99. The maximum absolute atomic E-state index is 12.5. The van der Waals surface area contributed by atoms with Crippen LogP contribution < -0.4 is 5.46 Å². The van der Waals surface area contributed by atoms with E-state index in [9.17, 15) is 17.6 Å². The van der Waals surface area contributed by atoms with Crippen LogP contribution in [0.2, 0.25) is 0 Å². The first-order chi connectivity index (χ1) is 5.41. The Bertz CT molecular complexity index is 300. The second-order valence-corrected chi connectivity index (χ2v) is 2.23. The maximum Gasteiger partial charge on any atom is -0.870 e. The second-order valence-electron chi connectivity index (χ2n) is 2.23. The van der Waals surface area contributed by atoms with Crippen LogP contribution in [0.25, 0.3) is 0 Å². The summed E-state index contributed by atoms with van der Waals surface area (Å²) in [5.41, 5.74) is -1.32. The fourth-order valence-corrected chi connectivity index (χ4v) is 0.703. The van der Waals surface area contributed by atoms with E-state index in [0.29, 0.717) is 6.07 Å². The van der Waals surface area contributed by atoms with Gasteiger partial charge in [-0.2, -0.15) is 0 Å². The van der Waals surface area contributed by atoms with E-state index in [1.807, 2.05) is 0 Å². The molecule has 0 radical (unpaired) electrons. The van der Waals surface area contributed by atoms with E-state index in [-0.39, 0.29) is 16.4 Å². The summed E-state index contributed by atoms with van der Waals surface area (Å²) >= 11 is 0. The Morgan fingerprint density at radius 1 is 1.07 bits per heavy atom. The molecule has 2 N–H and O–H groups in total. The van der Waals surface area contributed by atoms with Crippen molar-refractivity contribution in [2.75, 3.05) is 0 Å². The van der Waals surface area contributed by atoms with Gasteiger partial charge in [-0.15, -0.1) is 0 Å². The van der Waals surface area contributed by atoms with Crippen LogP contribution >= 0.6 is 0 Å². The first kappa shape index (κ1) is 15.4. The van der Waals surface area contributed by atoms with Crippen molar-refractivity contribution in [1.82, 2.24) is 0 Å². The third-order valence-electron chi connectivity index (χ3n) is 1.33. The normalized spacial score (nSPS) is 10.1. The van der Waals surface area contributed by atoms with Crippen molar-refractivity contribution in [3.05, 3.63) is 29.6 Å². The van der Waals surface area contributed by atoms with Crippen LogP contribution in [0.15, 0.2) is 18.2 Å². The van der Waals surface area contributed by atoms with E-state index in [4.69, 9.17) is 7.85 Å². The maximum atomic E-state index is 12.5. The Kier molecular flexibility index (Phi) is 5.47. The molecule has 1 rings (SSSR count). The molecular formula is C7H5BF4O2. The summed E-state index contributed by atoms with van der Waals surface area (Å²) in [4.78, 5) is 0. The molecule has 0 spiro atoms. The number of hydrogen-bond acceptors (Lipinski definition) is 2. The molecule has 0 aliphatic carbocycles. The van der Waals surface area contributed by atoms with E-state index < -0.39 is 17.6 Å². The van der Waals surface area contributed by atoms with Gasteiger partial charge in [-0.05, 0) is 0 Å². The van der Waals surface area contributed by atoms with E-state index in [0.717, 1.165) is 12.1 Å². The summed E-state index contributed by atoms with van der Waals surface area (Å²) in [6.45, 7) is 0. The molecule has 0 aromatic heterocycles. The van der Waals surface area contributed by atoms with E-state index in [1.54, 1.807) is 0 Å². The fraction of sp³-hybridized carbons (Fsp3) is 0.143. The van der Waals surface area contributed by atoms with Crippen LogP contribution in [0, 0.1) is 5.82 Å². The first-order valence-corrected chi connectivity index (χ1v) is 3.03. The Morgan fingerprint density at radius 2 is 1.57 bits per heavy atom. The molecule has 1 aromatic carbocycles. The van der Waals surface area contributed by atoms with Gasteiger partial charge in [0.1, 0.15) is 0 Å². The largest absolute Gasteiger partial charge is 0.870 e. The molecule has 0 saturated heterocycles. The van der Waals surface area contributed by atoms with Crippen LogP contribution in [0.5, 0.6) is 0 Å². The van der Waals surface area contributed by atoms with Gasteiger partial charge in [0.2, 0.25) is 0 Å². The van der Waals surface area contributed by atoms with Crippen molar-refractivity contribution in [3.8, 4) is 0 Å². The number of hydrogen-bond donors (Lipinski definition) is 0. The van der Waals surface area contributed by atoms with Gasteiger partial charge in [0.25, 0.3) is 0 Å². The molecule has 76 valence electrons. The average molecular weight is 208 g/mol. The molecule has 0 heterocycles. The molecule has 7 heteroatoms. The van der Waals surface area contributed by atoms with Gasteiger partial charge in [0, 0.05) is 0 Å². The monoisotopic (exact) mass is 208 g/mol. The van der Waals surface area contributed by atoms with Crippen molar-refractivity contribution in [3.63, 3.8) is 0 Å². The zero-order valence-electron chi connectivity index (χ0n) is 6.72. The molecular weight excluding hydrogens is 203 g/mol. The van der Waals surface area contributed by atoms with Crippen LogP contribution in [0.3, 0.4) is 0 Å². The van der Waals surface area contributed by atoms with Gasteiger partial charge in [-0.3, -0.25) is 0 Å². The third kappa shape index (κ3) is 3.35. The summed E-state index contributed by atoms with van der Waals surface area (Å²) in [5, 5.41) is 0. The molecule has 2 nitrogen and oxygen atoms in total. The SMILES string of the molecule is [B+2]c1ccc(C(F)(F)F)cc1F.[OH-].[OH-]. The predicted octanol–water partition coefficient (Wildman–Crippen LogP) is 1.28. The zero-order chi connectivity index (χ0) is 9.35. The Labute approximate surface area is 78.6 Å². The van der Waals surface area contributed by atoms with Crippen molar-refractivity contribution in [2.24, 2.45) is 0 Å². The zero-order valence-corrected chi connectivity index (χ0v) is 6.72. The minimum absolute atomic E-state index is 0. The van der Waals surface area contributed by atoms with Crippen molar-refractivity contribution in [2.45, 2.75) is 6.18 Å². The van der Waals surface area contributed by atoms with Gasteiger partial charge in [-0.1, -0.05) is 0 Å². The Morgan fingerprint density at radius 3 is 1.93 bits per heavy atom. The summed E-state index contributed by atoms with van der Waals surface area (Å²) in [6.07, 6.45) is -4.52. The standard InChI is InChI=1S/C7H3BF4.2H2O/c8-5-2-1-4(3-6(5)9)7(10,11)12;;/h1-3H;2*1H2/q+2;;/p-2. The second kappa shape index (κ2) is 4.97. The van der Waals surface area contributed by atoms with Crippen molar-refractivity contribution < 1.29 is 28.5 Å². The molecule has 0 bridgehead atoms. The topological polar surface area (TPSA) is 60.0 Å². The summed E-state index contributed by atoms with van der Waals surface area (Å²) in [5.74, 6) is -1.05. The van der Waals surface area contributed by atoms with Crippen LogP contribution in [-0.2, 0) is 6.18 Å². The molecule has 1 aromatic rings. The van der Waals surface area contributed by atoms with Gasteiger partial charge in [0.15, 0.2) is 0 Å². The number of rotatable bonds is 0. The van der Waals surface area contributed by atoms with Gasteiger partial charge < -0.3 is 11.0 Å². The molecule has 0 aliphatic heterocycles. The van der Waals surface area contributed by atoms with Gasteiger partial charge in [-0.25, -0.2) is 0 Å².